The molecular weight excluding hydrogens is 378 g/mol. The molecule has 5 nitrogen and oxygen atoms in total. The van der Waals surface area contributed by atoms with Gasteiger partial charge in [-0.2, -0.15) is 0 Å². The molecule has 0 aliphatic carbocycles. The first-order valence-corrected chi connectivity index (χ1v) is 10.4. The number of rotatable bonds is 6. The predicted octanol–water partition coefficient (Wildman–Crippen LogP) is 5.91. The smallest absolute Gasteiger partial charge is 0.414 e. The second kappa shape index (κ2) is 9.79. The molecule has 0 fully saturated rings. The van der Waals surface area contributed by atoms with Gasteiger partial charge in [-0.15, -0.1) is 0 Å². The quantitative estimate of drug-likeness (QED) is 0.438. The van der Waals surface area contributed by atoms with Gasteiger partial charge in [0.1, 0.15) is 0 Å². The number of carbonyl (C=O) groups is 2. The van der Waals surface area contributed by atoms with Gasteiger partial charge < -0.3 is 14.4 Å². The molecule has 0 unspecified atom stereocenters. The van der Waals surface area contributed by atoms with Crippen LogP contribution in [0, 0.1) is 6.92 Å². The summed E-state index contributed by atoms with van der Waals surface area (Å²) in [6.45, 7) is 10.2. The molecule has 0 saturated carbocycles. The van der Waals surface area contributed by atoms with Gasteiger partial charge in [0.25, 0.3) is 0 Å². The van der Waals surface area contributed by atoms with Crippen LogP contribution in [0.2, 0.25) is 0 Å². The van der Waals surface area contributed by atoms with Crippen LogP contribution in [0.1, 0.15) is 67.6 Å². The van der Waals surface area contributed by atoms with Crippen LogP contribution in [-0.2, 0) is 11.8 Å². The van der Waals surface area contributed by atoms with Gasteiger partial charge in [0.05, 0.1) is 5.56 Å². The predicted molar refractivity (Wildman–Crippen MR) is 120 cm³/mol. The van der Waals surface area contributed by atoms with Gasteiger partial charge >= 0.3 is 12.1 Å². The van der Waals surface area contributed by atoms with Crippen LogP contribution in [-0.4, -0.2) is 31.1 Å². The van der Waals surface area contributed by atoms with Crippen molar-refractivity contribution in [2.45, 2.75) is 59.3 Å². The van der Waals surface area contributed by atoms with Crippen molar-refractivity contribution >= 4 is 12.1 Å². The Bertz CT molecular complexity index is 893. The number of nitrogens with zero attached hydrogens (tertiary/aromatic N) is 1. The molecule has 0 atom stereocenters. The second-order valence-corrected chi connectivity index (χ2v) is 8.82. The van der Waals surface area contributed by atoms with Crippen molar-refractivity contribution < 1.29 is 19.1 Å². The van der Waals surface area contributed by atoms with Gasteiger partial charge in [0.2, 0.25) is 0 Å². The van der Waals surface area contributed by atoms with E-state index >= 15 is 0 Å². The number of unbranched alkanes of at least 4 members (excludes halogenated alkanes) is 1. The summed E-state index contributed by atoms with van der Waals surface area (Å²) in [6, 6.07) is 11.2. The molecule has 0 radical (unpaired) electrons. The number of ether oxygens (including phenoxy) is 2. The van der Waals surface area contributed by atoms with Crippen molar-refractivity contribution in [2.75, 3.05) is 14.1 Å². The van der Waals surface area contributed by atoms with Crippen LogP contribution in [0.3, 0.4) is 0 Å². The Kier molecular flexibility index (Phi) is 7.65. The average Bonchev–Trinajstić information content (AvgIpc) is 2.68. The van der Waals surface area contributed by atoms with E-state index in [1.165, 1.54) is 10.5 Å². The fraction of sp³-hybridized carbons (Fsp3) is 0.440. The third-order valence-electron chi connectivity index (χ3n) is 4.87. The average molecular weight is 412 g/mol. The number of aryl methyl sites for hydroxylation is 2. The number of hydrogen-bond acceptors (Lipinski definition) is 4. The molecule has 2 aromatic carbocycles. The van der Waals surface area contributed by atoms with Gasteiger partial charge in [-0.05, 0) is 60.1 Å². The van der Waals surface area contributed by atoms with Gasteiger partial charge in [0.15, 0.2) is 11.5 Å². The van der Waals surface area contributed by atoms with Crippen molar-refractivity contribution in [3.63, 3.8) is 0 Å². The lowest BCUT2D eigenvalue weighted by molar-refractivity contribution is 0.0726. The summed E-state index contributed by atoms with van der Waals surface area (Å²) in [4.78, 5) is 26.3. The van der Waals surface area contributed by atoms with E-state index in [1.54, 1.807) is 32.3 Å². The second-order valence-electron chi connectivity index (χ2n) is 8.82. The van der Waals surface area contributed by atoms with E-state index < -0.39 is 12.1 Å². The molecule has 0 aliphatic heterocycles. The van der Waals surface area contributed by atoms with Crippen molar-refractivity contribution in [1.29, 1.82) is 0 Å². The lowest BCUT2D eigenvalue weighted by Crippen LogP contribution is -2.26. The number of esters is 1. The zero-order valence-corrected chi connectivity index (χ0v) is 19.2. The van der Waals surface area contributed by atoms with Crippen molar-refractivity contribution in [1.82, 2.24) is 4.90 Å². The monoisotopic (exact) mass is 411 g/mol. The van der Waals surface area contributed by atoms with Crippen LogP contribution in [0.5, 0.6) is 11.5 Å². The van der Waals surface area contributed by atoms with E-state index in [9.17, 15) is 9.59 Å². The molecule has 0 aromatic heterocycles. The first kappa shape index (κ1) is 23.5. The fourth-order valence-electron chi connectivity index (χ4n) is 2.91. The van der Waals surface area contributed by atoms with E-state index in [4.69, 9.17) is 9.47 Å². The van der Waals surface area contributed by atoms with Crippen LogP contribution in [0.15, 0.2) is 36.4 Å². The van der Waals surface area contributed by atoms with E-state index in [0.717, 1.165) is 30.4 Å². The van der Waals surface area contributed by atoms with Gasteiger partial charge in [0, 0.05) is 14.1 Å². The van der Waals surface area contributed by atoms with Crippen LogP contribution >= 0.6 is 0 Å². The third-order valence-corrected chi connectivity index (χ3v) is 4.87. The number of amides is 1. The van der Waals surface area contributed by atoms with E-state index in [2.05, 4.69) is 27.7 Å². The Morgan fingerprint density at radius 2 is 1.63 bits per heavy atom. The van der Waals surface area contributed by atoms with E-state index in [1.807, 2.05) is 25.1 Å². The molecule has 2 rings (SSSR count). The highest BCUT2D eigenvalue weighted by atomic mass is 16.6. The first-order chi connectivity index (χ1) is 14.0. The molecule has 2 aromatic rings. The van der Waals surface area contributed by atoms with Crippen LogP contribution < -0.4 is 9.47 Å². The normalized spacial score (nSPS) is 11.2. The minimum Gasteiger partial charge on any atom is -0.419 e. The summed E-state index contributed by atoms with van der Waals surface area (Å²) in [6.07, 6.45) is 2.70. The molecule has 0 saturated heterocycles. The summed E-state index contributed by atoms with van der Waals surface area (Å²) in [7, 11) is 3.21. The maximum absolute atomic E-state index is 12.8. The lowest BCUT2D eigenvalue weighted by Gasteiger charge is -2.23. The molecule has 1 amide bonds. The highest BCUT2D eigenvalue weighted by Crippen LogP contribution is 2.37. The molecule has 0 bridgehead atoms. The summed E-state index contributed by atoms with van der Waals surface area (Å²) in [5.74, 6) is 0.0237. The Balaban J connectivity index is 2.34. The van der Waals surface area contributed by atoms with Crippen molar-refractivity contribution in [2.24, 2.45) is 0 Å². The molecule has 0 N–H and O–H groups in total. The summed E-state index contributed by atoms with van der Waals surface area (Å²) >= 11 is 0. The van der Waals surface area contributed by atoms with E-state index in [0.29, 0.717) is 5.56 Å². The Morgan fingerprint density at radius 1 is 1.00 bits per heavy atom. The molecule has 162 valence electrons. The number of carbonyl (C=O) groups excluding carboxylic acids is 2. The van der Waals surface area contributed by atoms with Crippen molar-refractivity contribution in [3.8, 4) is 11.5 Å². The Morgan fingerprint density at radius 3 is 2.17 bits per heavy atom. The standard InChI is InChI=1S/C25H33NO4/c1-8-9-10-18-11-13-19(14-12-18)23(27)30-22-17(2)15-20(25(3,4)5)16-21(22)29-24(28)26(6)7/h11-16H,8-10H2,1-7H3. The summed E-state index contributed by atoms with van der Waals surface area (Å²) in [5, 5.41) is 0. The maximum atomic E-state index is 12.8. The minimum atomic E-state index is -0.530. The zero-order chi connectivity index (χ0) is 22.5. The molecule has 5 heteroatoms. The molecule has 0 aliphatic rings. The van der Waals surface area contributed by atoms with Crippen LogP contribution in [0.4, 0.5) is 4.79 Å². The SMILES string of the molecule is CCCCc1ccc(C(=O)Oc2c(C)cc(C(C)(C)C)cc2OC(=O)N(C)C)cc1. The van der Waals surface area contributed by atoms with Gasteiger partial charge in [-0.25, -0.2) is 9.59 Å². The Labute approximate surface area is 180 Å². The molecule has 30 heavy (non-hydrogen) atoms. The molecular formula is C25H33NO4. The maximum Gasteiger partial charge on any atom is 0.414 e. The van der Waals surface area contributed by atoms with Crippen LogP contribution in [0.25, 0.3) is 0 Å². The largest absolute Gasteiger partial charge is 0.419 e. The highest BCUT2D eigenvalue weighted by molar-refractivity contribution is 5.91. The topological polar surface area (TPSA) is 55.8 Å². The summed E-state index contributed by atoms with van der Waals surface area (Å²) < 4.78 is 11.2. The fourth-order valence-corrected chi connectivity index (χ4v) is 2.91. The minimum absolute atomic E-state index is 0.152. The highest BCUT2D eigenvalue weighted by Gasteiger charge is 2.23. The number of benzene rings is 2. The van der Waals surface area contributed by atoms with Crippen molar-refractivity contribution in [3.05, 3.63) is 58.7 Å². The molecule has 0 heterocycles. The zero-order valence-electron chi connectivity index (χ0n) is 19.2. The lowest BCUT2D eigenvalue weighted by atomic mass is 9.86. The number of hydrogen-bond donors (Lipinski definition) is 0. The van der Waals surface area contributed by atoms with Gasteiger partial charge in [-0.3, -0.25) is 0 Å². The van der Waals surface area contributed by atoms with Gasteiger partial charge in [-0.1, -0.05) is 52.3 Å². The Hall–Kier alpha value is -2.82. The first-order valence-electron chi connectivity index (χ1n) is 10.4. The summed E-state index contributed by atoms with van der Waals surface area (Å²) in [5.41, 5.74) is 3.22. The molecule has 0 spiro atoms. The third kappa shape index (κ3) is 6.09. The van der Waals surface area contributed by atoms with E-state index in [-0.39, 0.29) is 16.9 Å².